The molecule has 6 heteroatoms. The number of carbonyl (C=O) groups is 1. The Morgan fingerprint density at radius 1 is 1.20 bits per heavy atom. The molecule has 0 amide bonds. The van der Waals surface area contributed by atoms with Crippen LogP contribution in [0.5, 0.6) is 17.2 Å². The number of methoxy groups -OCH3 is 2. The first-order chi connectivity index (χ1) is 7.13. The van der Waals surface area contributed by atoms with Crippen molar-refractivity contribution < 1.29 is 29.5 Å². The van der Waals surface area contributed by atoms with E-state index in [0.717, 1.165) is 0 Å². The van der Waals surface area contributed by atoms with Crippen LogP contribution in [-0.4, -0.2) is 30.6 Å². The molecule has 0 radical (unpaired) electrons. The van der Waals surface area contributed by atoms with Crippen molar-refractivity contribution in [2.24, 2.45) is 0 Å². The van der Waals surface area contributed by atoms with Gasteiger partial charge in [-0.1, -0.05) is 0 Å². The minimum absolute atomic E-state index is 0.0236. The predicted octanol–water partition coefficient (Wildman–Crippen LogP) is 1.25. The molecule has 15 heavy (non-hydrogen) atoms. The third-order valence-corrected chi connectivity index (χ3v) is 1.80. The molecule has 1 rings (SSSR count). The van der Waals surface area contributed by atoms with Gasteiger partial charge in [-0.15, -0.1) is 0 Å². The zero-order chi connectivity index (χ0) is 11.4. The molecular weight excluding hydrogens is 204 g/mol. The van der Waals surface area contributed by atoms with E-state index in [2.05, 4.69) is 4.89 Å². The van der Waals surface area contributed by atoms with Crippen LogP contribution in [0.4, 0.5) is 0 Å². The smallest absolute Gasteiger partial charge is 0.335 e. The van der Waals surface area contributed by atoms with E-state index in [0.29, 0.717) is 0 Å². The molecule has 2 N–H and O–H groups in total. The van der Waals surface area contributed by atoms with E-state index in [1.54, 1.807) is 0 Å². The van der Waals surface area contributed by atoms with Gasteiger partial charge in [-0.25, -0.2) is 10.1 Å². The minimum Gasteiger partial charge on any atom is -0.493 e. The SMILES string of the molecule is COc1cc(C(=O)O)cc(OC)c1OO. The summed E-state index contributed by atoms with van der Waals surface area (Å²) in [4.78, 5) is 14.8. The van der Waals surface area contributed by atoms with Crippen LogP contribution in [0.3, 0.4) is 0 Å². The average molecular weight is 214 g/mol. The number of rotatable bonds is 4. The normalized spacial score (nSPS) is 9.53. The molecule has 6 nitrogen and oxygen atoms in total. The summed E-state index contributed by atoms with van der Waals surface area (Å²) in [7, 11) is 2.64. The summed E-state index contributed by atoms with van der Waals surface area (Å²) < 4.78 is 9.68. The van der Waals surface area contributed by atoms with Crippen LogP contribution in [0.15, 0.2) is 12.1 Å². The van der Waals surface area contributed by atoms with E-state index in [1.165, 1.54) is 26.4 Å². The second-order valence-electron chi connectivity index (χ2n) is 2.61. The van der Waals surface area contributed by atoms with Crippen LogP contribution in [-0.2, 0) is 0 Å². The van der Waals surface area contributed by atoms with Crippen molar-refractivity contribution in [1.29, 1.82) is 0 Å². The van der Waals surface area contributed by atoms with Gasteiger partial charge in [0.15, 0.2) is 11.5 Å². The monoisotopic (exact) mass is 214 g/mol. The number of hydrogen-bond donors (Lipinski definition) is 2. The number of carboxylic acid groups (broad SMARTS) is 1. The minimum atomic E-state index is -1.13. The van der Waals surface area contributed by atoms with E-state index in [9.17, 15) is 4.79 Å². The second-order valence-corrected chi connectivity index (χ2v) is 2.61. The number of benzene rings is 1. The fourth-order valence-electron chi connectivity index (χ4n) is 1.09. The van der Waals surface area contributed by atoms with Crippen molar-refractivity contribution in [1.82, 2.24) is 0 Å². The number of aromatic carboxylic acids is 1. The molecule has 0 unspecified atom stereocenters. The van der Waals surface area contributed by atoms with Crippen LogP contribution in [0.25, 0.3) is 0 Å². The van der Waals surface area contributed by atoms with Crippen molar-refractivity contribution in [2.45, 2.75) is 0 Å². The van der Waals surface area contributed by atoms with E-state index >= 15 is 0 Å². The molecule has 0 atom stereocenters. The van der Waals surface area contributed by atoms with Crippen molar-refractivity contribution in [3.8, 4) is 17.2 Å². The lowest BCUT2D eigenvalue weighted by molar-refractivity contribution is -0.140. The predicted molar refractivity (Wildman–Crippen MR) is 49.8 cm³/mol. The van der Waals surface area contributed by atoms with Crippen LogP contribution < -0.4 is 14.4 Å². The average Bonchev–Trinajstić information content (AvgIpc) is 2.26. The Labute approximate surface area is 85.5 Å². The van der Waals surface area contributed by atoms with Crippen LogP contribution in [0.2, 0.25) is 0 Å². The van der Waals surface area contributed by atoms with Crippen molar-refractivity contribution >= 4 is 5.97 Å². The van der Waals surface area contributed by atoms with E-state index in [1.807, 2.05) is 0 Å². The van der Waals surface area contributed by atoms with Crippen LogP contribution in [0, 0.1) is 0 Å². The second kappa shape index (κ2) is 4.52. The molecule has 0 spiro atoms. The Bertz CT molecular complexity index is 348. The summed E-state index contributed by atoms with van der Waals surface area (Å²) in [5.41, 5.74) is -0.0236. The quantitative estimate of drug-likeness (QED) is 0.579. The van der Waals surface area contributed by atoms with Gasteiger partial charge in [-0.3, -0.25) is 0 Å². The van der Waals surface area contributed by atoms with Crippen LogP contribution >= 0.6 is 0 Å². The van der Waals surface area contributed by atoms with Gasteiger partial charge in [0.25, 0.3) is 0 Å². The Morgan fingerprint density at radius 2 is 1.67 bits per heavy atom. The van der Waals surface area contributed by atoms with Crippen molar-refractivity contribution in [3.63, 3.8) is 0 Å². The summed E-state index contributed by atoms with van der Waals surface area (Å²) in [6.07, 6.45) is 0. The first-order valence-electron chi connectivity index (χ1n) is 3.94. The topological polar surface area (TPSA) is 85.2 Å². The first kappa shape index (κ1) is 11.1. The van der Waals surface area contributed by atoms with Gasteiger partial charge in [-0.05, 0) is 12.1 Å². The molecule has 0 aliphatic heterocycles. The molecule has 1 aromatic carbocycles. The molecule has 0 bridgehead atoms. The van der Waals surface area contributed by atoms with Crippen molar-refractivity contribution in [2.75, 3.05) is 14.2 Å². The Morgan fingerprint density at radius 3 is 1.93 bits per heavy atom. The highest BCUT2D eigenvalue weighted by molar-refractivity contribution is 5.89. The Balaban J connectivity index is 3.35. The summed E-state index contributed by atoms with van der Waals surface area (Å²) in [5, 5.41) is 17.4. The Kier molecular flexibility index (Phi) is 3.35. The fourth-order valence-corrected chi connectivity index (χ4v) is 1.09. The molecule has 0 aromatic heterocycles. The maximum Gasteiger partial charge on any atom is 0.335 e. The van der Waals surface area contributed by atoms with Gasteiger partial charge in [0.1, 0.15) is 0 Å². The maximum atomic E-state index is 10.7. The van der Waals surface area contributed by atoms with E-state index in [4.69, 9.17) is 19.8 Å². The van der Waals surface area contributed by atoms with E-state index < -0.39 is 5.97 Å². The molecule has 82 valence electrons. The van der Waals surface area contributed by atoms with Gasteiger partial charge in [-0.2, -0.15) is 0 Å². The molecule has 0 fully saturated rings. The lowest BCUT2D eigenvalue weighted by atomic mass is 10.2. The van der Waals surface area contributed by atoms with Crippen molar-refractivity contribution in [3.05, 3.63) is 17.7 Å². The molecule has 0 aliphatic carbocycles. The summed E-state index contributed by atoms with van der Waals surface area (Å²) in [6, 6.07) is 2.44. The highest BCUT2D eigenvalue weighted by Gasteiger charge is 2.17. The summed E-state index contributed by atoms with van der Waals surface area (Å²) in [5.74, 6) is -1.04. The largest absolute Gasteiger partial charge is 0.493 e. The lowest BCUT2D eigenvalue weighted by Crippen LogP contribution is -2.01. The number of carboxylic acids is 1. The summed E-state index contributed by atoms with van der Waals surface area (Å²) in [6.45, 7) is 0. The molecule has 1 aromatic rings. The third kappa shape index (κ3) is 2.10. The number of ether oxygens (including phenoxy) is 2. The zero-order valence-corrected chi connectivity index (χ0v) is 8.18. The molecule has 0 heterocycles. The number of hydrogen-bond acceptors (Lipinski definition) is 5. The molecular formula is C9H10O6. The Hall–Kier alpha value is -1.95. The highest BCUT2D eigenvalue weighted by atomic mass is 17.1. The molecule has 0 aliphatic rings. The maximum absolute atomic E-state index is 10.7. The van der Waals surface area contributed by atoms with Gasteiger partial charge in [0, 0.05) is 0 Å². The molecule has 0 saturated carbocycles. The van der Waals surface area contributed by atoms with E-state index in [-0.39, 0.29) is 22.8 Å². The first-order valence-corrected chi connectivity index (χ1v) is 3.94. The molecule has 0 saturated heterocycles. The lowest BCUT2D eigenvalue weighted by Gasteiger charge is -2.10. The van der Waals surface area contributed by atoms with Gasteiger partial charge >= 0.3 is 5.97 Å². The highest BCUT2D eigenvalue weighted by Crippen LogP contribution is 2.37. The standard InChI is InChI=1S/C9H10O6/c1-13-6-3-5(9(10)11)4-7(14-2)8(6)15-12/h3-4,12H,1-2H3,(H,10,11). The van der Waals surface area contributed by atoms with Gasteiger partial charge < -0.3 is 19.5 Å². The third-order valence-electron chi connectivity index (χ3n) is 1.80. The van der Waals surface area contributed by atoms with Gasteiger partial charge in [0.2, 0.25) is 5.75 Å². The summed E-state index contributed by atoms with van der Waals surface area (Å²) >= 11 is 0. The fraction of sp³-hybridized carbons (Fsp3) is 0.222. The zero-order valence-electron chi connectivity index (χ0n) is 8.18. The van der Waals surface area contributed by atoms with Gasteiger partial charge in [0.05, 0.1) is 19.8 Å². The van der Waals surface area contributed by atoms with Crippen LogP contribution in [0.1, 0.15) is 10.4 Å².